The van der Waals surface area contributed by atoms with E-state index in [1.807, 2.05) is 0 Å². The third-order valence-corrected chi connectivity index (χ3v) is 3.32. The Morgan fingerprint density at radius 2 is 2.26 bits per heavy atom. The lowest BCUT2D eigenvalue weighted by atomic mass is 10.3. The van der Waals surface area contributed by atoms with Gasteiger partial charge in [0.25, 0.3) is 0 Å². The number of hydrogen-bond acceptors (Lipinski definition) is 2. The zero-order valence-electron chi connectivity index (χ0n) is 9.67. The first-order valence-electron chi connectivity index (χ1n) is 5.59. The Bertz CT molecular complexity index is 480. The largest absolute Gasteiger partial charge is 0.392 e. The second kappa shape index (κ2) is 5.36. The normalized spacial score (nSPS) is 21.9. The van der Waals surface area contributed by atoms with Crippen LogP contribution in [0.5, 0.6) is 0 Å². The van der Waals surface area contributed by atoms with Crippen molar-refractivity contribution in [3.05, 3.63) is 22.8 Å². The van der Waals surface area contributed by atoms with Gasteiger partial charge in [-0.15, -0.1) is 0 Å². The van der Waals surface area contributed by atoms with Crippen LogP contribution in [-0.2, 0) is 0 Å². The maximum Gasteiger partial charge on any atom is 0.392 e. The van der Waals surface area contributed by atoms with Gasteiger partial charge < -0.3 is 5.32 Å². The molecule has 0 spiro atoms. The average Bonchev–Trinajstić information content (AvgIpc) is 3.05. The molecule has 0 bridgehead atoms. The van der Waals surface area contributed by atoms with Crippen molar-refractivity contribution in [1.29, 1.82) is 0 Å². The lowest BCUT2D eigenvalue weighted by molar-refractivity contribution is -0.150. The highest BCUT2D eigenvalue weighted by atomic mass is 79.9. The monoisotopic (exact) mass is 337 g/mol. The predicted molar refractivity (Wildman–Crippen MR) is 66.6 cm³/mol. The Morgan fingerprint density at radius 3 is 2.84 bits per heavy atom. The van der Waals surface area contributed by atoms with E-state index < -0.39 is 24.0 Å². The van der Waals surface area contributed by atoms with Crippen molar-refractivity contribution in [2.45, 2.75) is 12.6 Å². The number of aromatic nitrogens is 1. The van der Waals surface area contributed by atoms with Gasteiger partial charge in [0.1, 0.15) is 5.82 Å². The van der Waals surface area contributed by atoms with Crippen molar-refractivity contribution in [1.82, 2.24) is 10.3 Å². The number of alkyl halides is 3. The van der Waals surface area contributed by atoms with Gasteiger partial charge in [-0.2, -0.15) is 13.2 Å². The smallest absolute Gasteiger partial charge is 0.338 e. The number of nitrogens with zero attached hydrogens (tertiary/aromatic N) is 1. The number of halogens is 4. The summed E-state index contributed by atoms with van der Waals surface area (Å²) in [4.78, 5) is 15.3. The first-order chi connectivity index (χ1) is 8.86. The van der Waals surface area contributed by atoms with Gasteiger partial charge in [-0.25, -0.2) is 9.78 Å². The Hall–Kier alpha value is -1.31. The van der Waals surface area contributed by atoms with Crippen molar-refractivity contribution >= 4 is 27.8 Å². The van der Waals surface area contributed by atoms with Crippen LogP contribution in [0, 0.1) is 11.8 Å². The number of pyridine rings is 1. The number of urea groups is 1. The van der Waals surface area contributed by atoms with E-state index in [0.29, 0.717) is 5.82 Å². The second-order valence-electron chi connectivity index (χ2n) is 4.34. The molecule has 2 rings (SSSR count). The third kappa shape index (κ3) is 4.09. The van der Waals surface area contributed by atoms with Crippen molar-refractivity contribution < 1.29 is 18.0 Å². The highest BCUT2D eigenvalue weighted by molar-refractivity contribution is 9.10. The number of rotatable bonds is 3. The van der Waals surface area contributed by atoms with Crippen molar-refractivity contribution in [3.63, 3.8) is 0 Å². The molecule has 104 valence electrons. The van der Waals surface area contributed by atoms with Crippen molar-refractivity contribution in [2.75, 3.05) is 11.9 Å². The standard InChI is InChI=1S/C11H11BrF3N3O/c12-7-1-2-16-9(4-7)18-10(19)17-5-6-3-8(6)11(13,14)15/h1-2,4,6,8H,3,5H2,(H2,16,17,18,19)/t6-,8+/m0/s1. The summed E-state index contributed by atoms with van der Waals surface area (Å²) in [7, 11) is 0. The van der Waals surface area contributed by atoms with Crippen LogP contribution in [0.2, 0.25) is 0 Å². The fourth-order valence-corrected chi connectivity index (χ4v) is 2.07. The van der Waals surface area contributed by atoms with E-state index in [9.17, 15) is 18.0 Å². The Morgan fingerprint density at radius 1 is 1.53 bits per heavy atom. The van der Waals surface area contributed by atoms with E-state index >= 15 is 0 Å². The highest BCUT2D eigenvalue weighted by Gasteiger charge is 2.55. The van der Waals surface area contributed by atoms with Crippen LogP contribution >= 0.6 is 15.9 Å². The van der Waals surface area contributed by atoms with Gasteiger partial charge in [0.2, 0.25) is 0 Å². The molecule has 0 aliphatic heterocycles. The van der Waals surface area contributed by atoms with E-state index in [-0.39, 0.29) is 13.0 Å². The molecule has 1 aliphatic rings. The predicted octanol–water partition coefficient (Wildman–Crippen LogP) is 3.16. The molecule has 2 amide bonds. The van der Waals surface area contributed by atoms with Crippen LogP contribution < -0.4 is 10.6 Å². The molecule has 19 heavy (non-hydrogen) atoms. The van der Waals surface area contributed by atoms with Gasteiger partial charge in [0.05, 0.1) is 5.92 Å². The van der Waals surface area contributed by atoms with Gasteiger partial charge in [-0.1, -0.05) is 15.9 Å². The second-order valence-corrected chi connectivity index (χ2v) is 5.25. The zero-order chi connectivity index (χ0) is 14.0. The van der Waals surface area contributed by atoms with Gasteiger partial charge in [-0.3, -0.25) is 5.32 Å². The van der Waals surface area contributed by atoms with E-state index in [0.717, 1.165) is 4.47 Å². The van der Waals surface area contributed by atoms with Crippen LogP contribution in [-0.4, -0.2) is 23.7 Å². The molecule has 1 aliphatic carbocycles. The molecule has 0 saturated heterocycles. The molecule has 0 radical (unpaired) electrons. The minimum absolute atomic E-state index is 0.0179. The fourth-order valence-electron chi connectivity index (χ4n) is 1.73. The Kier molecular flexibility index (Phi) is 3.98. The molecule has 1 heterocycles. The lowest BCUT2D eigenvalue weighted by Gasteiger charge is -2.08. The maximum absolute atomic E-state index is 12.3. The Balaban J connectivity index is 1.75. The number of hydrogen-bond donors (Lipinski definition) is 2. The molecule has 1 aromatic heterocycles. The van der Waals surface area contributed by atoms with Crippen LogP contribution in [0.3, 0.4) is 0 Å². The first kappa shape index (κ1) is 14.1. The molecular weight excluding hydrogens is 327 g/mol. The van der Waals surface area contributed by atoms with Crippen LogP contribution in [0.4, 0.5) is 23.8 Å². The quantitative estimate of drug-likeness (QED) is 0.890. The van der Waals surface area contributed by atoms with Gasteiger partial charge >= 0.3 is 12.2 Å². The van der Waals surface area contributed by atoms with Gasteiger partial charge in [-0.05, 0) is 24.5 Å². The molecule has 8 heteroatoms. The fraction of sp³-hybridized carbons (Fsp3) is 0.455. The van der Waals surface area contributed by atoms with Crippen LogP contribution in [0.1, 0.15) is 6.42 Å². The third-order valence-electron chi connectivity index (χ3n) is 2.83. The van der Waals surface area contributed by atoms with Crippen molar-refractivity contribution in [2.24, 2.45) is 11.8 Å². The van der Waals surface area contributed by atoms with E-state index in [4.69, 9.17) is 0 Å². The molecular formula is C11H11BrF3N3O. The molecule has 4 nitrogen and oxygen atoms in total. The Labute approximate surface area is 115 Å². The minimum atomic E-state index is -4.16. The summed E-state index contributed by atoms with van der Waals surface area (Å²) in [6, 6.07) is 2.73. The molecule has 1 aromatic rings. The van der Waals surface area contributed by atoms with E-state index in [2.05, 4.69) is 31.5 Å². The van der Waals surface area contributed by atoms with E-state index in [1.54, 1.807) is 12.1 Å². The molecule has 1 fully saturated rings. The molecule has 0 unspecified atom stereocenters. The first-order valence-corrected chi connectivity index (χ1v) is 6.38. The molecule has 0 aromatic carbocycles. The summed E-state index contributed by atoms with van der Waals surface area (Å²) in [6.07, 6.45) is -2.58. The summed E-state index contributed by atoms with van der Waals surface area (Å²) < 4.78 is 37.5. The topological polar surface area (TPSA) is 54.0 Å². The van der Waals surface area contributed by atoms with Crippen LogP contribution in [0.15, 0.2) is 22.8 Å². The number of nitrogens with one attached hydrogen (secondary N) is 2. The summed E-state index contributed by atoms with van der Waals surface area (Å²) in [5.41, 5.74) is 0. The highest BCUT2D eigenvalue weighted by Crippen LogP contribution is 2.49. The van der Waals surface area contributed by atoms with Crippen molar-refractivity contribution in [3.8, 4) is 0 Å². The number of amides is 2. The number of anilines is 1. The maximum atomic E-state index is 12.3. The summed E-state index contributed by atoms with van der Waals surface area (Å²) in [5.74, 6) is -1.46. The zero-order valence-corrected chi connectivity index (χ0v) is 11.3. The van der Waals surface area contributed by atoms with Gasteiger partial charge in [0, 0.05) is 17.2 Å². The number of carbonyl (C=O) groups excluding carboxylic acids is 1. The molecule has 2 atom stereocenters. The average molecular weight is 338 g/mol. The summed E-state index contributed by atoms with van der Waals surface area (Å²) in [6.45, 7) is 0.0179. The van der Waals surface area contributed by atoms with Crippen LogP contribution in [0.25, 0.3) is 0 Å². The molecule has 2 N–H and O–H groups in total. The minimum Gasteiger partial charge on any atom is -0.338 e. The molecule has 1 saturated carbocycles. The number of carbonyl (C=O) groups is 1. The van der Waals surface area contributed by atoms with E-state index in [1.165, 1.54) is 6.20 Å². The van der Waals surface area contributed by atoms with Gasteiger partial charge in [0.15, 0.2) is 0 Å². The summed E-state index contributed by atoms with van der Waals surface area (Å²) >= 11 is 3.22. The SMILES string of the molecule is O=C(NC[C@@H]1C[C@H]1C(F)(F)F)Nc1cc(Br)ccn1. The summed E-state index contributed by atoms with van der Waals surface area (Å²) in [5, 5.41) is 4.86. The lowest BCUT2D eigenvalue weighted by Crippen LogP contribution is -2.31.